The molecular formula is C18H31IN4O2S2. The second-order valence-electron chi connectivity index (χ2n) is 6.93. The molecule has 1 fully saturated rings. The van der Waals surface area contributed by atoms with Crippen LogP contribution in [0.15, 0.2) is 35.3 Å². The van der Waals surface area contributed by atoms with Gasteiger partial charge in [0, 0.05) is 50.1 Å². The van der Waals surface area contributed by atoms with Crippen LogP contribution >= 0.6 is 35.7 Å². The lowest BCUT2D eigenvalue weighted by molar-refractivity contribution is 0.443. The van der Waals surface area contributed by atoms with Gasteiger partial charge in [-0.2, -0.15) is 11.8 Å². The molecule has 1 aromatic carbocycles. The Labute approximate surface area is 185 Å². The summed E-state index contributed by atoms with van der Waals surface area (Å²) < 4.78 is 26.3. The van der Waals surface area contributed by atoms with E-state index in [0.29, 0.717) is 32.1 Å². The standard InChI is InChI=1S/C18H30N4O2S2.HI/c1-18(2,16-7-5-4-6-8-16)15-21-17(19-3)20-9-14-26(23,24)22-10-12-25-13-11-22;/h4-8H,9-15H2,1-3H3,(H2,19,20,21);1H. The van der Waals surface area contributed by atoms with Crippen molar-refractivity contribution < 1.29 is 8.42 Å². The lowest BCUT2D eigenvalue weighted by Gasteiger charge is -2.27. The molecule has 1 aliphatic heterocycles. The molecule has 0 bridgehead atoms. The van der Waals surface area contributed by atoms with Gasteiger partial charge in [-0.25, -0.2) is 12.7 Å². The van der Waals surface area contributed by atoms with Gasteiger partial charge in [0.05, 0.1) is 5.75 Å². The van der Waals surface area contributed by atoms with Crippen molar-refractivity contribution in [3.8, 4) is 0 Å². The predicted octanol–water partition coefficient (Wildman–Crippen LogP) is 2.13. The molecule has 1 aliphatic rings. The molecule has 9 heteroatoms. The van der Waals surface area contributed by atoms with Gasteiger partial charge in [-0.15, -0.1) is 24.0 Å². The summed E-state index contributed by atoms with van der Waals surface area (Å²) in [6, 6.07) is 10.3. The number of halogens is 1. The van der Waals surface area contributed by atoms with Crippen molar-refractivity contribution in [2.45, 2.75) is 19.3 Å². The normalized spacial score (nSPS) is 16.5. The van der Waals surface area contributed by atoms with Gasteiger partial charge in [-0.05, 0) is 5.56 Å². The molecule has 0 aromatic heterocycles. The van der Waals surface area contributed by atoms with Crippen LogP contribution in [0.4, 0.5) is 0 Å². The molecule has 1 aromatic rings. The minimum atomic E-state index is -3.20. The van der Waals surface area contributed by atoms with Crippen molar-refractivity contribution in [1.29, 1.82) is 0 Å². The summed E-state index contributed by atoms with van der Waals surface area (Å²) in [6.45, 7) is 6.61. The Bertz CT molecular complexity index is 691. The second-order valence-corrected chi connectivity index (χ2v) is 10.2. The molecule has 0 spiro atoms. The maximum atomic E-state index is 12.4. The van der Waals surface area contributed by atoms with Gasteiger partial charge in [0.2, 0.25) is 10.0 Å². The van der Waals surface area contributed by atoms with Gasteiger partial charge in [-0.3, -0.25) is 4.99 Å². The third kappa shape index (κ3) is 7.78. The molecule has 27 heavy (non-hydrogen) atoms. The summed E-state index contributed by atoms with van der Waals surface area (Å²) in [6.07, 6.45) is 0. The zero-order valence-corrected chi connectivity index (χ0v) is 20.2. The lowest BCUT2D eigenvalue weighted by Crippen LogP contribution is -2.46. The minimum Gasteiger partial charge on any atom is -0.356 e. The largest absolute Gasteiger partial charge is 0.356 e. The number of thioether (sulfide) groups is 1. The van der Waals surface area contributed by atoms with Gasteiger partial charge in [0.15, 0.2) is 5.96 Å². The van der Waals surface area contributed by atoms with E-state index in [1.165, 1.54) is 5.56 Å². The van der Waals surface area contributed by atoms with E-state index in [4.69, 9.17) is 0 Å². The van der Waals surface area contributed by atoms with Gasteiger partial charge < -0.3 is 10.6 Å². The molecule has 0 aliphatic carbocycles. The highest BCUT2D eigenvalue weighted by molar-refractivity contribution is 14.0. The van der Waals surface area contributed by atoms with Crippen molar-refractivity contribution >= 4 is 51.7 Å². The third-order valence-electron chi connectivity index (χ3n) is 4.49. The Balaban J connectivity index is 0.00000364. The number of rotatable bonds is 7. The summed E-state index contributed by atoms with van der Waals surface area (Å²) in [4.78, 5) is 4.20. The molecule has 6 nitrogen and oxygen atoms in total. The number of aliphatic imine (C=N–C) groups is 1. The zero-order valence-electron chi connectivity index (χ0n) is 16.3. The zero-order chi connectivity index (χ0) is 19.0. The maximum absolute atomic E-state index is 12.4. The van der Waals surface area contributed by atoms with Crippen LogP contribution in [0.5, 0.6) is 0 Å². The van der Waals surface area contributed by atoms with Gasteiger partial charge >= 0.3 is 0 Å². The van der Waals surface area contributed by atoms with Gasteiger partial charge in [0.1, 0.15) is 0 Å². The molecule has 0 radical (unpaired) electrons. The van der Waals surface area contributed by atoms with Crippen LogP contribution in [0.2, 0.25) is 0 Å². The van der Waals surface area contributed by atoms with E-state index in [1.807, 2.05) is 18.2 Å². The molecule has 0 amide bonds. The lowest BCUT2D eigenvalue weighted by atomic mass is 9.85. The first-order valence-corrected chi connectivity index (χ1v) is 11.7. The van der Waals surface area contributed by atoms with E-state index in [2.05, 4.69) is 41.6 Å². The molecule has 0 unspecified atom stereocenters. The molecule has 2 rings (SSSR count). The van der Waals surface area contributed by atoms with E-state index >= 15 is 0 Å². The van der Waals surface area contributed by atoms with Crippen molar-refractivity contribution in [3.05, 3.63) is 35.9 Å². The molecule has 1 heterocycles. The summed E-state index contributed by atoms with van der Waals surface area (Å²) in [5.74, 6) is 2.47. The fourth-order valence-electron chi connectivity index (χ4n) is 2.77. The number of guanidine groups is 1. The van der Waals surface area contributed by atoms with Crippen LogP contribution in [0.3, 0.4) is 0 Å². The van der Waals surface area contributed by atoms with Crippen molar-refractivity contribution in [2.75, 3.05) is 50.5 Å². The fraction of sp³-hybridized carbons (Fsp3) is 0.611. The summed E-state index contributed by atoms with van der Waals surface area (Å²) in [5, 5.41) is 6.42. The van der Waals surface area contributed by atoms with E-state index in [1.54, 1.807) is 23.1 Å². The van der Waals surface area contributed by atoms with Crippen molar-refractivity contribution in [1.82, 2.24) is 14.9 Å². The van der Waals surface area contributed by atoms with E-state index in [-0.39, 0.29) is 35.1 Å². The number of nitrogens with zero attached hydrogens (tertiary/aromatic N) is 2. The van der Waals surface area contributed by atoms with E-state index in [9.17, 15) is 8.42 Å². The van der Waals surface area contributed by atoms with Crippen LogP contribution in [-0.2, 0) is 15.4 Å². The van der Waals surface area contributed by atoms with Gasteiger partial charge in [0.25, 0.3) is 0 Å². The highest BCUT2D eigenvalue weighted by atomic mass is 127. The van der Waals surface area contributed by atoms with Crippen LogP contribution in [0, 0.1) is 0 Å². The molecule has 154 valence electrons. The molecule has 0 saturated carbocycles. The molecule has 0 atom stereocenters. The van der Waals surface area contributed by atoms with Crippen molar-refractivity contribution in [3.63, 3.8) is 0 Å². The first-order chi connectivity index (χ1) is 12.3. The summed E-state index contributed by atoms with van der Waals surface area (Å²) in [5.41, 5.74) is 1.18. The molecule has 2 N–H and O–H groups in total. The minimum absolute atomic E-state index is 0. The number of hydrogen-bond acceptors (Lipinski definition) is 4. The third-order valence-corrected chi connectivity index (χ3v) is 7.31. The van der Waals surface area contributed by atoms with Crippen LogP contribution in [0.1, 0.15) is 19.4 Å². The Morgan fingerprint density at radius 3 is 2.41 bits per heavy atom. The number of hydrogen-bond donors (Lipinski definition) is 2. The first-order valence-electron chi connectivity index (χ1n) is 8.91. The Hall–Kier alpha value is -0.520. The van der Waals surface area contributed by atoms with E-state index in [0.717, 1.165) is 11.5 Å². The number of benzene rings is 1. The average molecular weight is 527 g/mol. The Morgan fingerprint density at radius 1 is 1.19 bits per heavy atom. The number of sulfonamides is 1. The molecule has 1 saturated heterocycles. The number of nitrogens with one attached hydrogen (secondary N) is 2. The second kappa shape index (κ2) is 11.5. The summed E-state index contributed by atoms with van der Waals surface area (Å²) in [7, 11) is -1.50. The van der Waals surface area contributed by atoms with Crippen LogP contribution < -0.4 is 10.6 Å². The Kier molecular flexibility index (Phi) is 10.4. The topological polar surface area (TPSA) is 73.8 Å². The SMILES string of the molecule is CN=C(NCCS(=O)(=O)N1CCSCC1)NCC(C)(C)c1ccccc1.I. The first kappa shape index (κ1) is 24.5. The highest BCUT2D eigenvalue weighted by Gasteiger charge is 2.24. The summed E-state index contributed by atoms with van der Waals surface area (Å²) >= 11 is 1.80. The highest BCUT2D eigenvalue weighted by Crippen LogP contribution is 2.21. The van der Waals surface area contributed by atoms with Crippen LogP contribution in [-0.4, -0.2) is 69.2 Å². The quantitative estimate of drug-likeness (QED) is 0.324. The van der Waals surface area contributed by atoms with Crippen LogP contribution in [0.25, 0.3) is 0 Å². The monoisotopic (exact) mass is 526 g/mol. The Morgan fingerprint density at radius 2 is 1.81 bits per heavy atom. The average Bonchev–Trinajstić information content (AvgIpc) is 2.66. The smallest absolute Gasteiger partial charge is 0.215 e. The molecular weight excluding hydrogens is 495 g/mol. The predicted molar refractivity (Wildman–Crippen MR) is 127 cm³/mol. The fourth-order valence-corrected chi connectivity index (χ4v) is 5.26. The van der Waals surface area contributed by atoms with Crippen molar-refractivity contribution in [2.24, 2.45) is 4.99 Å². The van der Waals surface area contributed by atoms with Gasteiger partial charge in [-0.1, -0.05) is 44.2 Å². The van der Waals surface area contributed by atoms with E-state index < -0.39 is 10.0 Å². The maximum Gasteiger partial charge on any atom is 0.215 e.